The largest absolute Gasteiger partial charge is 0.256 e. The number of hydrogen-bond acceptors (Lipinski definition) is 9. The molecule has 6 aromatic heterocycles. The Kier molecular flexibility index (Phi) is 25.1. The van der Waals surface area contributed by atoms with E-state index in [1.807, 2.05) is 152 Å². The summed E-state index contributed by atoms with van der Waals surface area (Å²) in [6.07, 6.45) is 5.68. The summed E-state index contributed by atoms with van der Waals surface area (Å²) >= 11 is 0. The second-order valence-corrected chi connectivity index (χ2v) is 37.4. The normalized spacial score (nSPS) is 11.2. The summed E-state index contributed by atoms with van der Waals surface area (Å²) in [6, 6.07) is 192. The average Bonchev–Trinajstić information content (AvgIpc) is 0.774. The number of nitrogens with zero attached hydrogens (tertiary/aromatic N) is 9. The summed E-state index contributed by atoms with van der Waals surface area (Å²) in [6.45, 7) is 0. The molecule has 27 aromatic rings. The Bertz CT molecular complexity index is 9040. The first-order valence-electron chi connectivity index (χ1n) is 50.5. The molecule has 0 fully saturated rings. The molecule has 21 aromatic carbocycles. The standard InChI is InChI=1S/3C47H31N3/c1-3-10-35(11-4-1)44-31-45(50-47(49-44)38-12-5-2-6-13-38)36-25-19-32(20-26-36)39-27-28-42-40(30-39)15-8-17-41(42)33-21-23-34(24-22-33)43-18-7-14-37-16-9-29-48-46(37)43;1-3-10-35(11-4-1)44-31-45(36-12-5-2-6-13-36)50-47(49-44)38-25-19-32(20-26-38)39-27-28-42-40(30-39)15-8-17-41(42)33-21-23-34(24-22-33)43-18-7-14-37-16-9-29-48-46(37)43;1-3-10-35(11-4-1)45-30-46(50-47(49-45)37-12-5-2-6-13-37)36-24-20-32(21-25-36)38-26-27-43-39(28-38)15-9-16-42(43)34-22-18-33(19-23-34)41-29-40-14-7-8-17-44(40)48-31-41/h3*1-31H. The predicted molar refractivity (Wildman–Crippen MR) is 622 cm³/mol. The molecule has 0 aliphatic rings. The quantitative estimate of drug-likeness (QED) is 0.0828. The van der Waals surface area contributed by atoms with E-state index in [2.05, 4.69) is 427 Å². The molecule has 0 spiro atoms. The summed E-state index contributed by atoms with van der Waals surface area (Å²) in [5, 5.41) is 10.8. The first-order chi connectivity index (χ1) is 74.3. The molecule has 0 aliphatic heterocycles. The van der Waals surface area contributed by atoms with Gasteiger partial charge in [-0.05, 0) is 176 Å². The summed E-state index contributed by atoms with van der Waals surface area (Å²) in [7, 11) is 0. The summed E-state index contributed by atoms with van der Waals surface area (Å²) in [4.78, 5) is 43.9. The summed E-state index contributed by atoms with van der Waals surface area (Å²) in [5.74, 6) is 2.15. The van der Waals surface area contributed by atoms with Gasteiger partial charge in [0.2, 0.25) is 0 Å². The maximum Gasteiger partial charge on any atom is 0.160 e. The number of aromatic nitrogens is 9. The van der Waals surface area contributed by atoms with Crippen molar-refractivity contribution in [2.24, 2.45) is 0 Å². The molecule has 0 unspecified atom stereocenters. The van der Waals surface area contributed by atoms with Gasteiger partial charge in [-0.25, -0.2) is 29.9 Å². The zero-order valence-corrected chi connectivity index (χ0v) is 81.7. The Morgan fingerprint density at radius 3 is 0.667 bits per heavy atom. The molecule has 0 radical (unpaired) electrons. The van der Waals surface area contributed by atoms with Crippen LogP contribution in [0.25, 0.3) is 267 Å². The van der Waals surface area contributed by atoms with Crippen molar-refractivity contribution in [3.05, 3.63) is 565 Å². The van der Waals surface area contributed by atoms with Crippen LogP contribution in [0.5, 0.6) is 0 Å². The van der Waals surface area contributed by atoms with E-state index in [1.165, 1.54) is 88.0 Å². The van der Waals surface area contributed by atoms with Gasteiger partial charge in [0, 0.05) is 102 Å². The van der Waals surface area contributed by atoms with Crippen LogP contribution in [0.2, 0.25) is 0 Å². The molecule has 150 heavy (non-hydrogen) atoms. The number of rotatable bonds is 18. The van der Waals surface area contributed by atoms with Crippen molar-refractivity contribution < 1.29 is 0 Å². The van der Waals surface area contributed by atoms with Crippen molar-refractivity contribution in [1.82, 2.24) is 44.9 Å². The minimum Gasteiger partial charge on any atom is -0.256 e. The van der Waals surface area contributed by atoms with E-state index in [0.717, 1.165) is 173 Å². The number of para-hydroxylation sites is 3. The Balaban J connectivity index is 0.000000116. The summed E-state index contributed by atoms with van der Waals surface area (Å²) < 4.78 is 0. The van der Waals surface area contributed by atoms with Gasteiger partial charge in [0.05, 0.1) is 50.7 Å². The van der Waals surface area contributed by atoms with Gasteiger partial charge < -0.3 is 0 Å². The third kappa shape index (κ3) is 19.3. The van der Waals surface area contributed by atoms with Crippen LogP contribution in [0.4, 0.5) is 0 Å². The van der Waals surface area contributed by atoms with Gasteiger partial charge in [0.1, 0.15) is 0 Å². The molecule has 6 heterocycles. The highest BCUT2D eigenvalue weighted by atomic mass is 14.9. The van der Waals surface area contributed by atoms with E-state index < -0.39 is 0 Å². The fourth-order valence-corrected chi connectivity index (χ4v) is 20.3. The van der Waals surface area contributed by atoms with Gasteiger partial charge in [-0.3, -0.25) is 15.0 Å². The minimum atomic E-state index is 0.711. The van der Waals surface area contributed by atoms with Crippen molar-refractivity contribution in [3.8, 4) is 202 Å². The van der Waals surface area contributed by atoms with E-state index in [-0.39, 0.29) is 0 Å². The van der Waals surface area contributed by atoms with Crippen LogP contribution in [-0.2, 0) is 0 Å². The van der Waals surface area contributed by atoms with Crippen LogP contribution >= 0.6 is 0 Å². The predicted octanol–water partition coefficient (Wildman–Crippen LogP) is 36.5. The van der Waals surface area contributed by atoms with Gasteiger partial charge in [-0.15, -0.1) is 0 Å². The van der Waals surface area contributed by atoms with Crippen molar-refractivity contribution in [2.45, 2.75) is 0 Å². The molecule has 0 N–H and O–H groups in total. The first kappa shape index (κ1) is 91.1. The van der Waals surface area contributed by atoms with E-state index >= 15 is 0 Å². The number of hydrogen-bond donors (Lipinski definition) is 0. The van der Waals surface area contributed by atoms with Crippen LogP contribution in [-0.4, -0.2) is 44.9 Å². The summed E-state index contributed by atoms with van der Waals surface area (Å²) in [5.41, 5.74) is 39.0. The minimum absolute atomic E-state index is 0.711. The van der Waals surface area contributed by atoms with E-state index in [1.54, 1.807) is 0 Å². The smallest absolute Gasteiger partial charge is 0.160 e. The Morgan fingerprint density at radius 1 is 0.120 bits per heavy atom. The molecule has 0 bridgehead atoms. The lowest BCUT2D eigenvalue weighted by atomic mass is 9.93. The number of benzene rings is 21. The molecule has 9 nitrogen and oxygen atoms in total. The second-order valence-electron chi connectivity index (χ2n) is 37.4. The van der Waals surface area contributed by atoms with Crippen LogP contribution in [0.1, 0.15) is 0 Å². The van der Waals surface area contributed by atoms with Crippen LogP contribution in [0.3, 0.4) is 0 Å². The van der Waals surface area contributed by atoms with Crippen molar-refractivity contribution >= 4 is 65.0 Å². The zero-order valence-electron chi connectivity index (χ0n) is 81.7. The third-order valence-corrected chi connectivity index (χ3v) is 28.1. The van der Waals surface area contributed by atoms with Gasteiger partial charge in [0.15, 0.2) is 17.5 Å². The fraction of sp³-hybridized carbons (Fsp3) is 0. The molecule has 0 atom stereocenters. The van der Waals surface area contributed by atoms with Crippen LogP contribution < -0.4 is 0 Å². The monoisotopic (exact) mass is 1910 g/mol. The Labute approximate surface area is 870 Å². The highest BCUT2D eigenvalue weighted by Crippen LogP contribution is 2.43. The molecule has 0 amide bonds. The second kappa shape index (κ2) is 41.3. The average molecular weight is 1910 g/mol. The van der Waals surface area contributed by atoms with Crippen molar-refractivity contribution in [1.29, 1.82) is 0 Å². The lowest BCUT2D eigenvalue weighted by Crippen LogP contribution is -1.95. The van der Waals surface area contributed by atoms with Crippen molar-refractivity contribution in [2.75, 3.05) is 0 Å². The van der Waals surface area contributed by atoms with E-state index in [4.69, 9.17) is 29.9 Å². The van der Waals surface area contributed by atoms with Crippen molar-refractivity contribution in [3.63, 3.8) is 0 Å². The van der Waals surface area contributed by atoms with Gasteiger partial charge in [-0.1, -0.05) is 485 Å². The van der Waals surface area contributed by atoms with Gasteiger partial charge in [-0.2, -0.15) is 0 Å². The lowest BCUT2D eigenvalue weighted by molar-refractivity contribution is 1.18. The fourth-order valence-electron chi connectivity index (χ4n) is 20.3. The van der Waals surface area contributed by atoms with E-state index in [0.29, 0.717) is 5.82 Å². The van der Waals surface area contributed by atoms with Gasteiger partial charge in [0.25, 0.3) is 0 Å². The Morgan fingerprint density at radius 2 is 0.340 bits per heavy atom. The topological polar surface area (TPSA) is 116 Å². The first-order valence-corrected chi connectivity index (χ1v) is 50.5. The highest BCUT2D eigenvalue weighted by Gasteiger charge is 2.20. The molecular weight excluding hydrogens is 1820 g/mol. The van der Waals surface area contributed by atoms with E-state index in [9.17, 15) is 0 Å². The molecule has 702 valence electrons. The Hall–Kier alpha value is -20.1. The molecular formula is C141H93N9. The zero-order chi connectivity index (χ0) is 99.8. The maximum absolute atomic E-state index is 5.00. The van der Waals surface area contributed by atoms with Crippen LogP contribution in [0, 0.1) is 0 Å². The number of fused-ring (bicyclic) bond motifs is 6. The maximum atomic E-state index is 5.00. The molecule has 0 saturated heterocycles. The third-order valence-electron chi connectivity index (χ3n) is 28.1. The number of pyridine rings is 3. The molecule has 0 saturated carbocycles. The molecule has 27 rings (SSSR count). The SMILES string of the molecule is c1ccc(-c2cc(-c3ccc(-c4ccc5c(-c6ccc(-c7cccc8cccnc78)cc6)cccc5c4)cc3)nc(-c3ccccc3)n2)cc1.c1ccc(-c2cc(-c3ccc(-c4ccc5c(-c6ccc(-c7cnc8ccccc8c7)cc6)cccc5c4)cc3)nc(-c3ccccc3)n2)cc1.c1ccc(-c2cc(-c3ccccc3)nc(-c3ccc(-c4ccc5c(-c6ccc(-c7cccc8cccnc78)cc6)cccc5c4)cc3)n2)cc1. The highest BCUT2D eigenvalue weighted by molar-refractivity contribution is 6.04. The molecule has 0 aliphatic carbocycles. The van der Waals surface area contributed by atoms with Gasteiger partial charge >= 0.3 is 0 Å². The molecule has 9 heteroatoms. The lowest BCUT2D eigenvalue weighted by Gasteiger charge is -2.12. The van der Waals surface area contributed by atoms with Crippen LogP contribution in [0.15, 0.2) is 565 Å².